The summed E-state index contributed by atoms with van der Waals surface area (Å²) in [5.41, 5.74) is 0.299. The topological polar surface area (TPSA) is 105 Å². The molecule has 3 aromatic rings. The fourth-order valence-corrected chi connectivity index (χ4v) is 4.65. The van der Waals surface area contributed by atoms with Crippen molar-refractivity contribution in [2.24, 2.45) is 0 Å². The van der Waals surface area contributed by atoms with E-state index in [4.69, 9.17) is 9.47 Å². The number of rotatable bonds is 6. The maximum absolute atomic E-state index is 14.8. The van der Waals surface area contributed by atoms with E-state index >= 15 is 0 Å². The number of ether oxygens (including phenoxy) is 2. The highest BCUT2D eigenvalue weighted by Gasteiger charge is 2.38. The average molecular weight is 537 g/mol. The van der Waals surface area contributed by atoms with Gasteiger partial charge in [-0.15, -0.1) is 0 Å². The SMILES string of the molecule is CN(C(=O)OC(C)(C)C)C1CN(C(=O)c2cc(Cc3n[nH]c(=O)c4ccc(OC5CCC5)cc34)ccc2F)C1. The van der Waals surface area contributed by atoms with Gasteiger partial charge in [-0.2, -0.15) is 5.10 Å². The van der Waals surface area contributed by atoms with Crippen molar-refractivity contribution in [1.29, 1.82) is 0 Å². The van der Waals surface area contributed by atoms with Crippen molar-refractivity contribution < 1.29 is 23.5 Å². The fourth-order valence-electron chi connectivity index (χ4n) is 4.65. The monoisotopic (exact) mass is 536 g/mol. The molecular formula is C29H33FN4O5. The van der Waals surface area contributed by atoms with E-state index in [1.807, 2.05) is 6.07 Å². The third-order valence-electron chi connectivity index (χ3n) is 7.21. The van der Waals surface area contributed by atoms with Gasteiger partial charge in [-0.1, -0.05) is 6.07 Å². The van der Waals surface area contributed by atoms with Crippen LogP contribution in [0.5, 0.6) is 5.75 Å². The van der Waals surface area contributed by atoms with E-state index in [9.17, 15) is 18.8 Å². The first-order valence-corrected chi connectivity index (χ1v) is 13.2. The zero-order valence-electron chi connectivity index (χ0n) is 22.6. The Morgan fingerprint density at radius 1 is 1.13 bits per heavy atom. The number of hydrogen-bond donors (Lipinski definition) is 1. The average Bonchev–Trinajstić information content (AvgIpc) is 2.82. The summed E-state index contributed by atoms with van der Waals surface area (Å²) in [4.78, 5) is 40.8. The van der Waals surface area contributed by atoms with Gasteiger partial charge in [0.15, 0.2) is 0 Å². The Labute approximate surface area is 225 Å². The van der Waals surface area contributed by atoms with Crippen molar-refractivity contribution in [2.45, 2.75) is 64.2 Å². The van der Waals surface area contributed by atoms with Crippen LogP contribution in [0, 0.1) is 5.82 Å². The molecule has 2 aromatic carbocycles. The summed E-state index contributed by atoms with van der Waals surface area (Å²) in [6.45, 7) is 5.94. The van der Waals surface area contributed by atoms with Gasteiger partial charge < -0.3 is 19.3 Å². The van der Waals surface area contributed by atoms with Gasteiger partial charge in [0.25, 0.3) is 11.5 Å². The summed E-state index contributed by atoms with van der Waals surface area (Å²) in [6, 6.07) is 9.53. The molecule has 1 aliphatic heterocycles. The molecule has 10 heteroatoms. The van der Waals surface area contributed by atoms with Gasteiger partial charge in [0.05, 0.1) is 28.8 Å². The van der Waals surface area contributed by atoms with E-state index in [0.29, 0.717) is 27.8 Å². The van der Waals surface area contributed by atoms with Gasteiger partial charge in [-0.25, -0.2) is 14.3 Å². The second-order valence-corrected chi connectivity index (χ2v) is 11.3. The van der Waals surface area contributed by atoms with Crippen LogP contribution in [0.3, 0.4) is 0 Å². The molecule has 0 bridgehead atoms. The molecule has 5 rings (SSSR count). The lowest BCUT2D eigenvalue weighted by molar-refractivity contribution is -0.00219. The molecule has 1 N–H and O–H groups in total. The summed E-state index contributed by atoms with van der Waals surface area (Å²) < 4.78 is 26.2. The van der Waals surface area contributed by atoms with E-state index in [1.165, 1.54) is 21.9 Å². The molecule has 2 heterocycles. The second kappa shape index (κ2) is 10.3. The van der Waals surface area contributed by atoms with Crippen LogP contribution in [0.4, 0.5) is 9.18 Å². The molecule has 39 heavy (non-hydrogen) atoms. The van der Waals surface area contributed by atoms with E-state index in [2.05, 4.69) is 10.2 Å². The van der Waals surface area contributed by atoms with Crippen LogP contribution in [-0.4, -0.2) is 69.9 Å². The van der Waals surface area contributed by atoms with Crippen LogP contribution < -0.4 is 10.3 Å². The fraction of sp³-hybridized carbons (Fsp3) is 0.448. The Morgan fingerprint density at radius 2 is 1.87 bits per heavy atom. The minimum atomic E-state index is -0.622. The first-order chi connectivity index (χ1) is 18.5. The molecule has 0 atom stereocenters. The summed E-state index contributed by atoms with van der Waals surface area (Å²) in [5, 5.41) is 7.93. The molecule has 1 aromatic heterocycles. The minimum Gasteiger partial charge on any atom is -0.490 e. The highest BCUT2D eigenvalue weighted by Crippen LogP contribution is 2.29. The summed E-state index contributed by atoms with van der Waals surface area (Å²) in [6.07, 6.45) is 3.19. The van der Waals surface area contributed by atoms with Crippen molar-refractivity contribution >= 4 is 22.8 Å². The molecule has 0 unspecified atom stereocenters. The second-order valence-electron chi connectivity index (χ2n) is 11.3. The van der Waals surface area contributed by atoms with Gasteiger partial charge in [-0.05, 0) is 75.9 Å². The van der Waals surface area contributed by atoms with Crippen LogP contribution in [0.1, 0.15) is 61.6 Å². The molecule has 1 aliphatic carbocycles. The van der Waals surface area contributed by atoms with Crippen molar-refractivity contribution in [2.75, 3.05) is 20.1 Å². The number of likely N-dealkylation sites (tertiary alicyclic amines) is 1. The number of fused-ring (bicyclic) bond motifs is 1. The molecular weight excluding hydrogens is 503 g/mol. The highest BCUT2D eigenvalue weighted by atomic mass is 19.1. The maximum Gasteiger partial charge on any atom is 0.410 e. The van der Waals surface area contributed by atoms with Crippen molar-refractivity contribution in [3.8, 4) is 5.75 Å². The number of carbonyl (C=O) groups is 2. The van der Waals surface area contributed by atoms with Gasteiger partial charge in [0, 0.05) is 31.9 Å². The standard InChI is InChI=1S/C29H33FN4O5/c1-29(2,3)39-28(37)33(4)18-15-34(16-18)27(36)23-12-17(8-11-24(23)30)13-25-22-14-20(38-19-6-5-7-19)9-10-21(22)26(35)32-31-25/h8-12,14,18-19H,5-7,13,15-16H2,1-4H3,(H,32,35). The molecule has 2 amide bonds. The predicted octanol–water partition coefficient (Wildman–Crippen LogP) is 4.28. The number of aromatic nitrogens is 2. The lowest BCUT2D eigenvalue weighted by Gasteiger charge is -2.44. The Kier molecular flexibility index (Phi) is 7.05. The lowest BCUT2D eigenvalue weighted by Crippen LogP contribution is -2.61. The number of H-pyrrole nitrogens is 1. The molecule has 0 radical (unpaired) electrons. The molecule has 1 saturated carbocycles. The van der Waals surface area contributed by atoms with Crippen LogP contribution in [-0.2, 0) is 11.2 Å². The number of nitrogens with zero attached hydrogens (tertiary/aromatic N) is 3. The quantitative estimate of drug-likeness (QED) is 0.504. The Bertz CT molecular complexity index is 1470. The molecule has 206 valence electrons. The van der Waals surface area contributed by atoms with E-state index < -0.39 is 23.4 Å². The number of benzene rings is 2. The number of halogens is 1. The molecule has 2 aliphatic rings. The largest absolute Gasteiger partial charge is 0.490 e. The van der Waals surface area contributed by atoms with Crippen molar-refractivity contribution in [3.05, 3.63) is 69.4 Å². The van der Waals surface area contributed by atoms with Gasteiger partial charge >= 0.3 is 6.09 Å². The van der Waals surface area contributed by atoms with Crippen molar-refractivity contribution in [3.63, 3.8) is 0 Å². The van der Waals surface area contributed by atoms with E-state index in [1.54, 1.807) is 46.0 Å². The lowest BCUT2D eigenvalue weighted by atomic mass is 9.96. The number of carbonyl (C=O) groups excluding carboxylic acids is 2. The van der Waals surface area contributed by atoms with Crippen LogP contribution in [0.2, 0.25) is 0 Å². The molecule has 9 nitrogen and oxygen atoms in total. The number of likely N-dealkylation sites (N-methyl/N-ethyl adjacent to an activating group) is 1. The molecule has 0 spiro atoms. The van der Waals surface area contributed by atoms with Crippen LogP contribution in [0.15, 0.2) is 41.2 Å². The first-order valence-electron chi connectivity index (χ1n) is 13.2. The molecule has 2 fully saturated rings. The third-order valence-corrected chi connectivity index (χ3v) is 7.21. The summed E-state index contributed by atoms with van der Waals surface area (Å²) in [7, 11) is 1.63. The first kappa shape index (κ1) is 26.6. The Hall–Kier alpha value is -3.95. The van der Waals surface area contributed by atoms with Crippen molar-refractivity contribution in [1.82, 2.24) is 20.0 Å². The zero-order chi connectivity index (χ0) is 27.9. The van der Waals surface area contributed by atoms with Crippen LogP contribution >= 0.6 is 0 Å². The van der Waals surface area contributed by atoms with Gasteiger partial charge in [0.2, 0.25) is 0 Å². The number of nitrogens with one attached hydrogen (secondary N) is 1. The smallest absolute Gasteiger partial charge is 0.410 e. The van der Waals surface area contributed by atoms with E-state index in [0.717, 1.165) is 19.3 Å². The third kappa shape index (κ3) is 5.74. The number of hydrogen-bond acceptors (Lipinski definition) is 6. The summed E-state index contributed by atoms with van der Waals surface area (Å²) in [5.74, 6) is -0.388. The normalized spacial score (nSPS) is 16.0. The van der Waals surface area contributed by atoms with E-state index in [-0.39, 0.29) is 42.8 Å². The minimum absolute atomic E-state index is 0.0476. The number of amides is 2. The highest BCUT2D eigenvalue weighted by molar-refractivity contribution is 5.95. The Morgan fingerprint density at radius 3 is 2.54 bits per heavy atom. The van der Waals surface area contributed by atoms with Gasteiger partial charge in [-0.3, -0.25) is 9.59 Å². The zero-order valence-corrected chi connectivity index (χ0v) is 22.6. The van der Waals surface area contributed by atoms with Gasteiger partial charge in [0.1, 0.15) is 17.2 Å². The predicted molar refractivity (Wildman–Crippen MR) is 144 cm³/mol. The Balaban J connectivity index is 1.31. The maximum atomic E-state index is 14.8. The number of aromatic amines is 1. The summed E-state index contributed by atoms with van der Waals surface area (Å²) >= 11 is 0. The molecule has 1 saturated heterocycles. The van der Waals surface area contributed by atoms with Crippen LogP contribution in [0.25, 0.3) is 10.8 Å².